The van der Waals surface area contributed by atoms with Gasteiger partial charge in [0.2, 0.25) is 0 Å². The number of nitrogens with two attached hydrogens (primary N) is 1. The van der Waals surface area contributed by atoms with Crippen LogP contribution in [0.5, 0.6) is 0 Å². The summed E-state index contributed by atoms with van der Waals surface area (Å²) in [7, 11) is 0. The Balaban J connectivity index is 2.07. The third kappa shape index (κ3) is 2.14. The van der Waals surface area contributed by atoms with Crippen molar-refractivity contribution in [2.45, 2.75) is 45.1 Å². The normalized spacial score (nSPS) is 23.9. The number of rotatable bonds is 3. The third-order valence-electron chi connectivity index (χ3n) is 4.39. The molecule has 2 aromatic rings. The average molecular weight is 258 g/mol. The van der Waals surface area contributed by atoms with Crippen molar-refractivity contribution in [3.05, 3.63) is 24.2 Å². The molecule has 0 bridgehead atoms. The summed E-state index contributed by atoms with van der Waals surface area (Å²) in [6, 6.07) is 4.01. The maximum absolute atomic E-state index is 5.96. The fourth-order valence-corrected chi connectivity index (χ4v) is 3.40. The Hall–Kier alpha value is -1.42. The Bertz CT molecular complexity index is 560. The Morgan fingerprint density at radius 1 is 1.37 bits per heavy atom. The maximum Gasteiger partial charge on any atom is 0.159 e. The van der Waals surface area contributed by atoms with E-state index in [1.807, 2.05) is 12.3 Å². The summed E-state index contributed by atoms with van der Waals surface area (Å²) in [6.45, 7) is 3.86. The van der Waals surface area contributed by atoms with Crippen molar-refractivity contribution in [3.63, 3.8) is 0 Å². The molecule has 102 valence electrons. The second-order valence-electron chi connectivity index (χ2n) is 5.45. The van der Waals surface area contributed by atoms with Gasteiger partial charge in [0, 0.05) is 18.7 Å². The van der Waals surface area contributed by atoms with Crippen LogP contribution in [0.3, 0.4) is 0 Å². The van der Waals surface area contributed by atoms with E-state index in [0.29, 0.717) is 11.8 Å². The second kappa shape index (κ2) is 5.29. The second-order valence-corrected chi connectivity index (χ2v) is 5.45. The van der Waals surface area contributed by atoms with Crippen LogP contribution in [-0.2, 0) is 6.54 Å². The van der Waals surface area contributed by atoms with Crippen molar-refractivity contribution in [1.29, 1.82) is 0 Å². The summed E-state index contributed by atoms with van der Waals surface area (Å²) in [5, 5.41) is 0. The average Bonchev–Trinajstić information content (AvgIpc) is 2.85. The lowest BCUT2D eigenvalue weighted by Crippen LogP contribution is -2.27. The molecule has 1 fully saturated rings. The smallest absolute Gasteiger partial charge is 0.159 e. The van der Waals surface area contributed by atoms with Crippen LogP contribution < -0.4 is 5.73 Å². The number of aromatic nitrogens is 3. The quantitative estimate of drug-likeness (QED) is 0.921. The van der Waals surface area contributed by atoms with E-state index in [-0.39, 0.29) is 0 Å². The van der Waals surface area contributed by atoms with Crippen LogP contribution in [0.15, 0.2) is 18.3 Å². The van der Waals surface area contributed by atoms with Gasteiger partial charge in [0.25, 0.3) is 0 Å². The molecule has 19 heavy (non-hydrogen) atoms. The molecule has 0 aliphatic heterocycles. The zero-order valence-corrected chi connectivity index (χ0v) is 11.5. The Morgan fingerprint density at radius 2 is 2.21 bits per heavy atom. The Kier molecular flexibility index (Phi) is 3.51. The van der Waals surface area contributed by atoms with Gasteiger partial charge in [-0.2, -0.15) is 0 Å². The van der Waals surface area contributed by atoms with Gasteiger partial charge in [0.1, 0.15) is 11.3 Å². The molecule has 0 spiro atoms. The molecule has 2 heterocycles. The van der Waals surface area contributed by atoms with Crippen LogP contribution in [0.2, 0.25) is 0 Å². The molecule has 2 unspecified atom stereocenters. The summed E-state index contributed by atoms with van der Waals surface area (Å²) < 4.78 is 2.27. The highest BCUT2D eigenvalue weighted by molar-refractivity contribution is 5.71. The standard InChI is InChI=1S/C15H22N4/c1-2-19-14(12-7-4-3-6-11(12)10-16)18-13-8-5-9-17-15(13)19/h5,8-9,11-12H,2-4,6-7,10,16H2,1H3. The van der Waals surface area contributed by atoms with Crippen molar-refractivity contribution in [3.8, 4) is 0 Å². The highest BCUT2D eigenvalue weighted by Crippen LogP contribution is 2.37. The molecule has 0 aromatic carbocycles. The Labute approximate surface area is 114 Å². The van der Waals surface area contributed by atoms with E-state index in [0.717, 1.165) is 24.3 Å². The predicted octanol–water partition coefficient (Wildman–Crippen LogP) is 2.68. The fourth-order valence-electron chi connectivity index (χ4n) is 3.40. The van der Waals surface area contributed by atoms with Crippen molar-refractivity contribution in [2.75, 3.05) is 6.54 Å². The molecule has 0 radical (unpaired) electrons. The lowest BCUT2D eigenvalue weighted by molar-refractivity contribution is 0.299. The maximum atomic E-state index is 5.96. The molecule has 4 nitrogen and oxygen atoms in total. The topological polar surface area (TPSA) is 56.7 Å². The molecule has 0 amide bonds. The minimum atomic E-state index is 0.507. The van der Waals surface area contributed by atoms with Crippen molar-refractivity contribution >= 4 is 11.2 Å². The number of imidazole rings is 1. The number of nitrogens with zero attached hydrogens (tertiary/aromatic N) is 3. The number of fused-ring (bicyclic) bond motifs is 1. The molecule has 2 aromatic heterocycles. The first-order chi connectivity index (χ1) is 9.35. The molecule has 1 aliphatic rings. The molecule has 2 N–H and O–H groups in total. The molecule has 1 aliphatic carbocycles. The van der Waals surface area contributed by atoms with Gasteiger partial charge in [-0.15, -0.1) is 0 Å². The van der Waals surface area contributed by atoms with E-state index in [2.05, 4.69) is 22.5 Å². The molecule has 4 heteroatoms. The van der Waals surface area contributed by atoms with Crippen LogP contribution in [0.4, 0.5) is 0 Å². The summed E-state index contributed by atoms with van der Waals surface area (Å²) in [5.74, 6) is 2.29. The molecule has 0 saturated heterocycles. The summed E-state index contributed by atoms with van der Waals surface area (Å²) in [5.41, 5.74) is 7.99. The predicted molar refractivity (Wildman–Crippen MR) is 77.0 cm³/mol. The SMILES string of the molecule is CCn1c(C2CCCCC2CN)nc2cccnc21. The number of pyridine rings is 1. The molecule has 1 saturated carbocycles. The Morgan fingerprint density at radius 3 is 3.00 bits per heavy atom. The van der Waals surface area contributed by atoms with Crippen molar-refractivity contribution in [1.82, 2.24) is 14.5 Å². The highest BCUT2D eigenvalue weighted by Gasteiger charge is 2.29. The minimum absolute atomic E-state index is 0.507. The van der Waals surface area contributed by atoms with E-state index in [9.17, 15) is 0 Å². The lowest BCUT2D eigenvalue weighted by Gasteiger charge is -2.30. The third-order valence-corrected chi connectivity index (χ3v) is 4.39. The van der Waals surface area contributed by atoms with E-state index >= 15 is 0 Å². The molecular formula is C15H22N4. The monoisotopic (exact) mass is 258 g/mol. The fraction of sp³-hybridized carbons (Fsp3) is 0.600. The summed E-state index contributed by atoms with van der Waals surface area (Å²) in [4.78, 5) is 9.34. The lowest BCUT2D eigenvalue weighted by atomic mass is 9.78. The van der Waals surface area contributed by atoms with E-state index in [4.69, 9.17) is 10.7 Å². The van der Waals surface area contributed by atoms with Crippen LogP contribution in [0, 0.1) is 5.92 Å². The van der Waals surface area contributed by atoms with Gasteiger partial charge in [-0.25, -0.2) is 9.97 Å². The van der Waals surface area contributed by atoms with Gasteiger partial charge < -0.3 is 10.3 Å². The summed E-state index contributed by atoms with van der Waals surface area (Å²) >= 11 is 0. The first-order valence-electron chi connectivity index (χ1n) is 7.36. The first-order valence-corrected chi connectivity index (χ1v) is 7.36. The van der Waals surface area contributed by atoms with E-state index in [1.54, 1.807) is 0 Å². The van der Waals surface area contributed by atoms with Gasteiger partial charge in [0.05, 0.1) is 0 Å². The minimum Gasteiger partial charge on any atom is -0.330 e. The van der Waals surface area contributed by atoms with Gasteiger partial charge in [-0.1, -0.05) is 12.8 Å². The van der Waals surface area contributed by atoms with Gasteiger partial charge in [0.15, 0.2) is 5.65 Å². The van der Waals surface area contributed by atoms with Crippen LogP contribution in [0.1, 0.15) is 44.3 Å². The zero-order valence-electron chi connectivity index (χ0n) is 11.5. The van der Waals surface area contributed by atoms with Gasteiger partial charge in [-0.05, 0) is 44.4 Å². The van der Waals surface area contributed by atoms with E-state index < -0.39 is 0 Å². The zero-order chi connectivity index (χ0) is 13.2. The molecular weight excluding hydrogens is 236 g/mol. The van der Waals surface area contributed by atoms with Gasteiger partial charge >= 0.3 is 0 Å². The number of hydrogen-bond acceptors (Lipinski definition) is 3. The summed E-state index contributed by atoms with van der Waals surface area (Å²) in [6.07, 6.45) is 6.90. The van der Waals surface area contributed by atoms with Crippen LogP contribution in [0.25, 0.3) is 11.2 Å². The molecule has 3 rings (SSSR count). The molecule has 2 atom stereocenters. The largest absolute Gasteiger partial charge is 0.330 e. The first kappa shape index (κ1) is 12.6. The van der Waals surface area contributed by atoms with E-state index in [1.165, 1.54) is 31.5 Å². The number of hydrogen-bond donors (Lipinski definition) is 1. The van der Waals surface area contributed by atoms with Crippen LogP contribution >= 0.6 is 0 Å². The highest BCUT2D eigenvalue weighted by atomic mass is 15.1. The van der Waals surface area contributed by atoms with Crippen molar-refractivity contribution < 1.29 is 0 Å². The van der Waals surface area contributed by atoms with Crippen molar-refractivity contribution in [2.24, 2.45) is 11.7 Å². The number of aryl methyl sites for hydroxylation is 1. The van der Waals surface area contributed by atoms with Gasteiger partial charge in [-0.3, -0.25) is 0 Å². The van der Waals surface area contributed by atoms with Crippen LogP contribution in [-0.4, -0.2) is 21.1 Å².